The zero-order valence-corrected chi connectivity index (χ0v) is 11.3. The van der Waals surface area contributed by atoms with E-state index < -0.39 is 0 Å². The van der Waals surface area contributed by atoms with Crippen molar-refractivity contribution in [2.45, 2.75) is 0 Å². The standard InChI is InChI=1S/C8H11NO.CH3.K/c1-9-7-5-3-4-6-8(7)10-2;;/h3-6,9H,1-2H3;1H3;/q;-1;+1. The van der Waals surface area contributed by atoms with Crippen molar-refractivity contribution in [3.63, 3.8) is 0 Å². The Hall–Kier alpha value is 0.456. The van der Waals surface area contributed by atoms with E-state index in [1.165, 1.54) is 0 Å². The molecule has 0 radical (unpaired) electrons. The Balaban J connectivity index is 0. The molecule has 0 aliphatic rings. The van der Waals surface area contributed by atoms with Crippen LogP contribution in [0.5, 0.6) is 5.75 Å². The molecule has 0 saturated heterocycles. The Labute approximate surface area is 117 Å². The van der Waals surface area contributed by atoms with Crippen molar-refractivity contribution in [1.29, 1.82) is 0 Å². The minimum atomic E-state index is 0. The van der Waals surface area contributed by atoms with Crippen LogP contribution >= 0.6 is 0 Å². The smallest absolute Gasteiger partial charge is 0.495 e. The van der Waals surface area contributed by atoms with Crippen molar-refractivity contribution >= 4 is 5.69 Å². The second-order valence-electron chi connectivity index (χ2n) is 1.95. The van der Waals surface area contributed by atoms with Gasteiger partial charge in [-0.3, -0.25) is 0 Å². The summed E-state index contributed by atoms with van der Waals surface area (Å²) in [5.74, 6) is 0.880. The molecule has 0 spiro atoms. The number of anilines is 1. The third-order valence-corrected chi connectivity index (χ3v) is 1.38. The number of methoxy groups -OCH3 is 1. The Morgan fingerprint density at radius 1 is 1.25 bits per heavy atom. The van der Waals surface area contributed by atoms with E-state index in [0.29, 0.717) is 0 Å². The van der Waals surface area contributed by atoms with Crippen molar-refractivity contribution in [3.05, 3.63) is 31.7 Å². The van der Waals surface area contributed by atoms with Crippen LogP contribution in [0.2, 0.25) is 0 Å². The first-order valence-corrected chi connectivity index (χ1v) is 3.19. The number of hydrogen-bond acceptors (Lipinski definition) is 2. The van der Waals surface area contributed by atoms with E-state index in [4.69, 9.17) is 4.74 Å². The van der Waals surface area contributed by atoms with Crippen LogP contribution in [0.25, 0.3) is 0 Å². The molecule has 1 aromatic carbocycles. The minimum absolute atomic E-state index is 0. The average molecular weight is 191 g/mol. The molecule has 2 nitrogen and oxygen atoms in total. The van der Waals surface area contributed by atoms with Gasteiger partial charge in [0.15, 0.2) is 0 Å². The zero-order valence-electron chi connectivity index (χ0n) is 8.22. The van der Waals surface area contributed by atoms with E-state index in [2.05, 4.69) is 5.32 Å². The molecule has 0 saturated carbocycles. The van der Waals surface area contributed by atoms with Crippen molar-refractivity contribution < 1.29 is 56.1 Å². The van der Waals surface area contributed by atoms with Crippen LogP contribution in [0.3, 0.4) is 0 Å². The predicted octanol–water partition coefficient (Wildman–Crippen LogP) is -0.809. The van der Waals surface area contributed by atoms with Crippen LogP contribution < -0.4 is 61.4 Å². The van der Waals surface area contributed by atoms with Crippen molar-refractivity contribution in [1.82, 2.24) is 0 Å². The number of para-hydroxylation sites is 2. The van der Waals surface area contributed by atoms with Gasteiger partial charge in [-0.25, -0.2) is 0 Å². The number of benzene rings is 1. The monoisotopic (exact) mass is 191 g/mol. The van der Waals surface area contributed by atoms with Crippen molar-refractivity contribution in [2.75, 3.05) is 19.5 Å². The van der Waals surface area contributed by atoms with Gasteiger partial charge in [-0.05, 0) is 12.1 Å². The van der Waals surface area contributed by atoms with Gasteiger partial charge in [0.05, 0.1) is 12.8 Å². The molecule has 62 valence electrons. The molecular weight excluding hydrogens is 177 g/mol. The number of rotatable bonds is 2. The van der Waals surface area contributed by atoms with Crippen molar-refractivity contribution in [3.8, 4) is 5.75 Å². The van der Waals surface area contributed by atoms with Crippen LogP contribution in [0, 0.1) is 7.43 Å². The van der Waals surface area contributed by atoms with Gasteiger partial charge in [0.1, 0.15) is 5.75 Å². The molecular formula is C9H14KNO. The van der Waals surface area contributed by atoms with Gasteiger partial charge in [-0.15, -0.1) is 0 Å². The molecule has 0 atom stereocenters. The van der Waals surface area contributed by atoms with E-state index >= 15 is 0 Å². The fraction of sp³-hybridized carbons (Fsp3) is 0.222. The summed E-state index contributed by atoms with van der Waals surface area (Å²) in [7, 11) is 3.54. The molecule has 0 fully saturated rings. The van der Waals surface area contributed by atoms with E-state index in [1.807, 2.05) is 31.3 Å². The van der Waals surface area contributed by atoms with Gasteiger partial charge in [0, 0.05) is 7.05 Å². The molecule has 12 heavy (non-hydrogen) atoms. The van der Waals surface area contributed by atoms with Gasteiger partial charge in [0.25, 0.3) is 0 Å². The van der Waals surface area contributed by atoms with E-state index in [9.17, 15) is 0 Å². The molecule has 1 N–H and O–H groups in total. The molecule has 0 heterocycles. The van der Waals surface area contributed by atoms with E-state index in [1.54, 1.807) is 7.11 Å². The topological polar surface area (TPSA) is 21.3 Å². The van der Waals surface area contributed by atoms with Gasteiger partial charge in [0.2, 0.25) is 0 Å². The van der Waals surface area contributed by atoms with Crippen LogP contribution in [0.1, 0.15) is 0 Å². The second kappa shape index (κ2) is 8.07. The molecule has 0 unspecified atom stereocenters. The van der Waals surface area contributed by atoms with Gasteiger partial charge in [-0.1, -0.05) is 12.1 Å². The normalized spacial score (nSPS) is 7.50. The van der Waals surface area contributed by atoms with Crippen LogP contribution in [-0.4, -0.2) is 14.2 Å². The fourth-order valence-corrected chi connectivity index (χ4v) is 0.851. The third-order valence-electron chi connectivity index (χ3n) is 1.38. The Kier molecular flexibility index (Phi) is 10.1. The van der Waals surface area contributed by atoms with Crippen LogP contribution in [0.4, 0.5) is 5.69 Å². The maximum Gasteiger partial charge on any atom is 1.00 e. The summed E-state index contributed by atoms with van der Waals surface area (Å²) in [5.41, 5.74) is 1.02. The maximum atomic E-state index is 5.07. The van der Waals surface area contributed by atoms with Crippen molar-refractivity contribution in [2.24, 2.45) is 0 Å². The SMILES string of the molecule is CNc1ccccc1OC.[CH3-].[K+]. The zero-order chi connectivity index (χ0) is 7.40. The second-order valence-corrected chi connectivity index (χ2v) is 1.95. The summed E-state index contributed by atoms with van der Waals surface area (Å²) in [4.78, 5) is 0. The summed E-state index contributed by atoms with van der Waals surface area (Å²) in [6.07, 6.45) is 0. The van der Waals surface area contributed by atoms with E-state index in [-0.39, 0.29) is 58.8 Å². The third kappa shape index (κ3) is 3.91. The number of ether oxygens (including phenoxy) is 1. The first kappa shape index (κ1) is 15.0. The molecule has 0 aliphatic carbocycles. The van der Waals surface area contributed by atoms with Crippen LogP contribution in [0.15, 0.2) is 24.3 Å². The first-order chi connectivity index (χ1) is 4.88. The minimum Gasteiger partial charge on any atom is -0.495 e. The summed E-state index contributed by atoms with van der Waals surface area (Å²) in [6.45, 7) is 0. The summed E-state index contributed by atoms with van der Waals surface area (Å²) in [6, 6.07) is 7.80. The Bertz CT molecular complexity index is 192. The molecule has 1 aromatic rings. The summed E-state index contributed by atoms with van der Waals surface area (Å²) >= 11 is 0. The summed E-state index contributed by atoms with van der Waals surface area (Å²) in [5, 5.41) is 3.02. The van der Waals surface area contributed by atoms with Crippen LogP contribution in [-0.2, 0) is 0 Å². The summed E-state index contributed by atoms with van der Waals surface area (Å²) < 4.78 is 5.07. The maximum absolute atomic E-state index is 5.07. The number of nitrogens with one attached hydrogen (secondary N) is 1. The molecule has 0 bridgehead atoms. The first-order valence-electron chi connectivity index (χ1n) is 3.19. The quantitative estimate of drug-likeness (QED) is 0.488. The number of hydrogen-bond donors (Lipinski definition) is 1. The molecule has 0 amide bonds. The van der Waals surface area contributed by atoms with Gasteiger partial charge < -0.3 is 17.5 Å². The predicted molar refractivity (Wildman–Crippen MR) is 49.0 cm³/mol. The largest absolute Gasteiger partial charge is 1.00 e. The Morgan fingerprint density at radius 3 is 2.25 bits per heavy atom. The molecule has 0 aromatic heterocycles. The average Bonchev–Trinajstić information content (AvgIpc) is 2.04. The molecule has 0 aliphatic heterocycles. The van der Waals surface area contributed by atoms with Gasteiger partial charge >= 0.3 is 51.4 Å². The molecule has 3 heteroatoms. The fourth-order valence-electron chi connectivity index (χ4n) is 0.851. The van der Waals surface area contributed by atoms with E-state index in [0.717, 1.165) is 11.4 Å². The van der Waals surface area contributed by atoms with Gasteiger partial charge in [-0.2, -0.15) is 0 Å². The Morgan fingerprint density at radius 2 is 1.83 bits per heavy atom. The molecule has 1 rings (SSSR count).